The lowest BCUT2D eigenvalue weighted by molar-refractivity contribution is -0.159. The van der Waals surface area contributed by atoms with Crippen LogP contribution in [0, 0.1) is 0 Å². The van der Waals surface area contributed by atoms with Crippen LogP contribution in [0.25, 0.3) is 11.4 Å². The van der Waals surface area contributed by atoms with Crippen molar-refractivity contribution < 1.29 is 27.2 Å². The van der Waals surface area contributed by atoms with Crippen LogP contribution in [0.1, 0.15) is 11.5 Å². The Morgan fingerprint density at radius 2 is 2.00 bits per heavy atom. The second-order valence-corrected chi connectivity index (χ2v) is 6.88. The van der Waals surface area contributed by atoms with Crippen molar-refractivity contribution >= 4 is 11.6 Å². The molecule has 0 spiro atoms. The van der Waals surface area contributed by atoms with Crippen molar-refractivity contribution in [3.8, 4) is 23.0 Å². The van der Waals surface area contributed by atoms with Crippen LogP contribution in [0.5, 0.6) is 11.6 Å². The molecule has 2 aromatic heterocycles. The van der Waals surface area contributed by atoms with E-state index in [0.717, 1.165) is 5.56 Å². The predicted octanol–water partition coefficient (Wildman–Crippen LogP) is 3.37. The number of hydrazine groups is 1. The molecule has 3 aromatic rings. The third-order valence-corrected chi connectivity index (χ3v) is 4.16. The fourth-order valence-electron chi connectivity index (χ4n) is 2.54. The molecule has 0 unspecified atom stereocenters. The van der Waals surface area contributed by atoms with Crippen LogP contribution in [-0.4, -0.2) is 33.9 Å². The van der Waals surface area contributed by atoms with E-state index in [0.29, 0.717) is 22.0 Å². The molecule has 0 saturated carbocycles. The molecule has 0 bridgehead atoms. The molecule has 13 heteroatoms. The highest BCUT2D eigenvalue weighted by atomic mass is 35.5. The van der Waals surface area contributed by atoms with Crippen LogP contribution in [0.15, 0.2) is 52.9 Å². The minimum atomic E-state index is -4.70. The number of ether oxygens (including phenoxy) is 2. The Balaban J connectivity index is 1.57. The molecule has 32 heavy (non-hydrogen) atoms. The largest absolute Gasteiger partial charge is 0.491 e. The van der Waals surface area contributed by atoms with Gasteiger partial charge in [0.05, 0.1) is 24.4 Å². The topological polar surface area (TPSA) is 126 Å². The van der Waals surface area contributed by atoms with Gasteiger partial charge in [-0.3, -0.25) is 0 Å². The van der Waals surface area contributed by atoms with Crippen molar-refractivity contribution in [2.45, 2.75) is 12.7 Å². The molecule has 0 aliphatic carbocycles. The van der Waals surface area contributed by atoms with Crippen molar-refractivity contribution in [1.29, 1.82) is 0 Å². The number of aromatic nitrogens is 3. The zero-order chi connectivity index (χ0) is 23.3. The number of benzene rings is 1. The number of halogens is 4. The molecule has 2 heterocycles. The van der Waals surface area contributed by atoms with Crippen molar-refractivity contribution in [2.75, 3.05) is 13.7 Å². The van der Waals surface area contributed by atoms with Crippen molar-refractivity contribution in [1.82, 2.24) is 20.1 Å². The Morgan fingerprint density at radius 3 is 2.62 bits per heavy atom. The lowest BCUT2D eigenvalue weighted by Crippen LogP contribution is -2.27. The second kappa shape index (κ2) is 9.75. The fraction of sp³-hybridized carbons (Fsp3) is 0.211. The Hall–Kier alpha value is -3.51. The quantitative estimate of drug-likeness (QED) is 0.376. The molecule has 0 amide bonds. The molecule has 0 saturated heterocycles. The highest BCUT2D eigenvalue weighted by molar-refractivity contribution is 6.30. The summed E-state index contributed by atoms with van der Waals surface area (Å²) in [6.45, 7) is 0.264. The van der Waals surface area contributed by atoms with Crippen molar-refractivity contribution in [3.63, 3.8) is 0 Å². The number of methoxy groups -OCH3 is 1. The van der Waals surface area contributed by atoms with Gasteiger partial charge in [0.2, 0.25) is 5.82 Å². The second-order valence-electron chi connectivity index (χ2n) is 6.44. The van der Waals surface area contributed by atoms with Gasteiger partial charge in [-0.25, -0.2) is 10.8 Å². The Kier molecular flexibility index (Phi) is 7.05. The van der Waals surface area contributed by atoms with Gasteiger partial charge in [-0.05, 0) is 5.56 Å². The molecular weight excluding hydrogens is 453 g/mol. The van der Waals surface area contributed by atoms with Gasteiger partial charge in [-0.2, -0.15) is 18.2 Å². The highest BCUT2D eigenvalue weighted by Gasteiger charge is 2.38. The summed E-state index contributed by atoms with van der Waals surface area (Å²) in [6, 6.07) is 8.01. The van der Waals surface area contributed by atoms with Crippen LogP contribution < -0.4 is 21.1 Å². The molecule has 1 aromatic carbocycles. The van der Waals surface area contributed by atoms with E-state index in [9.17, 15) is 13.2 Å². The van der Waals surface area contributed by atoms with Gasteiger partial charge in [-0.15, -0.1) is 0 Å². The van der Waals surface area contributed by atoms with E-state index in [1.54, 1.807) is 30.3 Å². The molecule has 0 atom stereocenters. The van der Waals surface area contributed by atoms with E-state index in [4.69, 9.17) is 32.7 Å². The monoisotopic (exact) mass is 470 g/mol. The Morgan fingerprint density at radius 1 is 1.28 bits per heavy atom. The first-order chi connectivity index (χ1) is 15.2. The zero-order valence-electron chi connectivity index (χ0n) is 16.6. The van der Waals surface area contributed by atoms with Gasteiger partial charge in [0, 0.05) is 24.0 Å². The summed E-state index contributed by atoms with van der Waals surface area (Å²) in [5, 5.41) is 5.07. The van der Waals surface area contributed by atoms with Gasteiger partial charge in [0.25, 0.3) is 5.88 Å². The number of hydrogen-bond acceptors (Lipinski definition) is 9. The number of nitrogens with zero attached hydrogens (tertiary/aromatic N) is 4. The van der Waals surface area contributed by atoms with Gasteiger partial charge in [0.1, 0.15) is 6.61 Å². The summed E-state index contributed by atoms with van der Waals surface area (Å²) < 4.78 is 52.6. The standard InChI is InChI=1S/C19H18ClF3N6O3/c1-30-15-6-13(20)7-26-17(15)31-10-14(24)9-29(25)8-11-2-4-12(5-3-11)16-27-18(32-28-16)19(21,22)23/h2-7,9H,8,10,24-25H2,1H3/b14-9-. The zero-order valence-corrected chi connectivity index (χ0v) is 17.4. The maximum atomic E-state index is 12.6. The maximum Gasteiger partial charge on any atom is 0.471 e. The van der Waals surface area contributed by atoms with Crippen LogP contribution in [0.3, 0.4) is 0 Å². The summed E-state index contributed by atoms with van der Waals surface area (Å²) in [4.78, 5) is 7.38. The van der Waals surface area contributed by atoms with Gasteiger partial charge >= 0.3 is 12.1 Å². The first kappa shape index (κ1) is 23.2. The molecule has 3 rings (SSSR count). The molecule has 9 nitrogen and oxygen atoms in total. The molecule has 0 aliphatic rings. The number of pyridine rings is 1. The lowest BCUT2D eigenvalue weighted by Gasteiger charge is -2.16. The molecule has 4 N–H and O–H groups in total. The Labute approximate surface area is 185 Å². The lowest BCUT2D eigenvalue weighted by atomic mass is 10.1. The van der Waals surface area contributed by atoms with E-state index >= 15 is 0 Å². The van der Waals surface area contributed by atoms with E-state index in [-0.39, 0.29) is 24.9 Å². The first-order valence-corrected chi connectivity index (χ1v) is 9.33. The molecule has 170 valence electrons. The molecule has 0 radical (unpaired) electrons. The summed E-state index contributed by atoms with van der Waals surface area (Å²) in [7, 11) is 1.46. The molecular formula is C19H18ClF3N6O3. The Bertz CT molecular complexity index is 1090. The smallest absolute Gasteiger partial charge is 0.471 e. The minimum Gasteiger partial charge on any atom is -0.491 e. The summed E-state index contributed by atoms with van der Waals surface area (Å²) in [5.74, 6) is 4.97. The average Bonchev–Trinajstić information content (AvgIpc) is 3.24. The normalized spacial score (nSPS) is 12.0. The van der Waals surface area contributed by atoms with Crippen LogP contribution in [0.2, 0.25) is 5.02 Å². The van der Waals surface area contributed by atoms with Crippen LogP contribution >= 0.6 is 11.6 Å². The van der Waals surface area contributed by atoms with E-state index in [1.807, 2.05) is 0 Å². The van der Waals surface area contributed by atoms with Gasteiger partial charge in [0.15, 0.2) is 5.75 Å². The molecule has 0 fully saturated rings. The van der Waals surface area contributed by atoms with Crippen molar-refractivity contribution in [2.24, 2.45) is 11.6 Å². The SMILES string of the molecule is COc1cc(Cl)cnc1OC/C(N)=C/N(N)Cc1ccc(-c2noc(C(F)(F)F)n2)cc1. The summed E-state index contributed by atoms with van der Waals surface area (Å²) in [6.07, 6.45) is -1.81. The maximum absolute atomic E-state index is 12.6. The van der Waals surface area contributed by atoms with E-state index in [2.05, 4.69) is 19.6 Å². The summed E-state index contributed by atoms with van der Waals surface area (Å²) >= 11 is 5.85. The number of nitrogens with two attached hydrogens (primary N) is 2. The van der Waals surface area contributed by atoms with E-state index in [1.165, 1.54) is 24.5 Å². The first-order valence-electron chi connectivity index (χ1n) is 8.95. The van der Waals surface area contributed by atoms with Crippen LogP contribution in [0.4, 0.5) is 13.2 Å². The van der Waals surface area contributed by atoms with Crippen LogP contribution in [-0.2, 0) is 12.7 Å². The van der Waals surface area contributed by atoms with Gasteiger partial charge < -0.3 is 24.7 Å². The third kappa shape index (κ3) is 6.02. The fourth-order valence-corrected chi connectivity index (χ4v) is 2.68. The number of hydrogen-bond donors (Lipinski definition) is 2. The van der Waals surface area contributed by atoms with E-state index < -0.39 is 12.1 Å². The highest BCUT2D eigenvalue weighted by Crippen LogP contribution is 2.29. The number of rotatable bonds is 8. The number of alkyl halides is 3. The van der Waals surface area contributed by atoms with Gasteiger partial charge in [-0.1, -0.05) is 41.0 Å². The minimum absolute atomic E-state index is 0.00298. The molecule has 0 aliphatic heterocycles. The van der Waals surface area contributed by atoms with Crippen molar-refractivity contribution in [3.05, 3.63) is 64.9 Å². The summed E-state index contributed by atoms with van der Waals surface area (Å²) in [5.41, 5.74) is 7.38. The average molecular weight is 471 g/mol. The third-order valence-electron chi connectivity index (χ3n) is 3.96. The predicted molar refractivity (Wildman–Crippen MR) is 108 cm³/mol.